The van der Waals surface area contributed by atoms with Gasteiger partial charge in [0.2, 0.25) is 0 Å². The first-order valence-electron chi connectivity index (χ1n) is 21.4. The van der Waals surface area contributed by atoms with E-state index in [-0.39, 0.29) is 25.6 Å². The van der Waals surface area contributed by atoms with Crippen LogP contribution in [0.1, 0.15) is 194 Å². The number of carbonyl (C=O) groups is 2. The lowest BCUT2D eigenvalue weighted by Crippen LogP contribution is -2.37. The molecule has 0 radical (unpaired) electrons. The van der Waals surface area contributed by atoms with Gasteiger partial charge in [0.1, 0.15) is 19.8 Å². The lowest BCUT2D eigenvalue weighted by Gasteiger charge is -2.24. The molecule has 0 aliphatic rings. The molecule has 308 valence electrons. The average molecular weight is 761 g/mol. The summed E-state index contributed by atoms with van der Waals surface area (Å²) in [6.07, 6.45) is 35.4. The summed E-state index contributed by atoms with van der Waals surface area (Å²) in [6, 6.07) is 0. The minimum Gasteiger partial charge on any atom is -0.462 e. The summed E-state index contributed by atoms with van der Waals surface area (Å²) in [5.74, 6) is -0.801. The zero-order chi connectivity index (χ0) is 38.6. The fourth-order valence-electron chi connectivity index (χ4n) is 5.89. The number of carbonyl (C=O) groups excluding carboxylic acids is 2. The number of allylic oxidation sites excluding steroid dienone is 2. The molecule has 52 heavy (non-hydrogen) atoms. The molecule has 0 fully saturated rings. The van der Waals surface area contributed by atoms with Gasteiger partial charge >= 0.3 is 19.8 Å². The second-order valence-electron chi connectivity index (χ2n) is 15.7. The second kappa shape index (κ2) is 35.5. The summed E-state index contributed by atoms with van der Waals surface area (Å²) in [5, 5.41) is 0. The highest BCUT2D eigenvalue weighted by Gasteiger charge is 2.27. The number of esters is 2. The number of phosphoric ester groups is 1. The van der Waals surface area contributed by atoms with Crippen LogP contribution in [0.5, 0.6) is 0 Å². The van der Waals surface area contributed by atoms with E-state index in [2.05, 4.69) is 26.0 Å². The summed E-state index contributed by atoms with van der Waals surface area (Å²) >= 11 is 0. The van der Waals surface area contributed by atoms with E-state index in [1.54, 1.807) is 0 Å². The van der Waals surface area contributed by atoms with Crippen molar-refractivity contribution in [3.05, 3.63) is 12.2 Å². The fourth-order valence-corrected chi connectivity index (χ4v) is 6.63. The summed E-state index contributed by atoms with van der Waals surface area (Å²) < 4.78 is 34.2. The van der Waals surface area contributed by atoms with Crippen molar-refractivity contribution >= 4 is 19.8 Å². The van der Waals surface area contributed by atoms with Gasteiger partial charge in [-0.2, -0.15) is 0 Å². The zero-order valence-corrected chi connectivity index (χ0v) is 35.5. The number of phosphoric acid groups is 1. The third-order valence-electron chi connectivity index (χ3n) is 9.30. The molecule has 0 amide bonds. The monoisotopic (exact) mass is 761 g/mol. The van der Waals surface area contributed by atoms with E-state index in [0.29, 0.717) is 23.9 Å². The highest BCUT2D eigenvalue weighted by molar-refractivity contribution is 7.47. The molecular formula is C42H83NO8P+. The Kier molecular flexibility index (Phi) is 34.6. The Morgan fingerprint density at radius 2 is 0.981 bits per heavy atom. The van der Waals surface area contributed by atoms with Crippen LogP contribution in [0.15, 0.2) is 12.2 Å². The summed E-state index contributed by atoms with van der Waals surface area (Å²) in [5.41, 5.74) is 0. The number of hydrogen-bond donors (Lipinski definition) is 1. The van der Waals surface area contributed by atoms with Gasteiger partial charge in [-0.15, -0.1) is 0 Å². The number of ether oxygens (including phenoxy) is 2. The molecule has 0 aliphatic heterocycles. The van der Waals surface area contributed by atoms with Crippen molar-refractivity contribution in [3.8, 4) is 0 Å². The fraction of sp³-hybridized carbons (Fsp3) is 0.905. The van der Waals surface area contributed by atoms with Crippen LogP contribution in [-0.4, -0.2) is 74.9 Å². The van der Waals surface area contributed by atoms with Crippen molar-refractivity contribution in [2.24, 2.45) is 0 Å². The molecule has 2 atom stereocenters. The van der Waals surface area contributed by atoms with Gasteiger partial charge in [0.05, 0.1) is 27.7 Å². The largest absolute Gasteiger partial charge is 0.472 e. The molecule has 0 saturated heterocycles. The standard InChI is InChI=1S/C42H82NO8P/c1-6-8-10-12-14-16-18-20-21-22-23-25-26-28-30-32-34-41(44)48-38-40(39-50-52(46,47)49-37-36-43(3,4)5)51-42(45)35-33-31-29-27-24-19-17-15-13-11-9-7-2/h15,17,40H,6-14,16,18-39H2,1-5H3/p+1/b17-15-/t40-/m1/s1. The van der Waals surface area contributed by atoms with Crippen LogP contribution in [0.25, 0.3) is 0 Å². The van der Waals surface area contributed by atoms with E-state index >= 15 is 0 Å². The Balaban J connectivity index is 4.33. The van der Waals surface area contributed by atoms with Gasteiger partial charge in [-0.3, -0.25) is 18.6 Å². The minimum absolute atomic E-state index is 0.0330. The molecule has 0 rings (SSSR count). The van der Waals surface area contributed by atoms with E-state index < -0.39 is 26.5 Å². The second-order valence-corrected chi connectivity index (χ2v) is 17.2. The topological polar surface area (TPSA) is 108 Å². The van der Waals surface area contributed by atoms with Crippen LogP contribution >= 0.6 is 7.82 Å². The molecule has 10 heteroatoms. The molecule has 1 unspecified atom stereocenters. The van der Waals surface area contributed by atoms with Gasteiger partial charge in [-0.1, -0.05) is 154 Å². The molecule has 0 aromatic rings. The van der Waals surface area contributed by atoms with Crippen LogP contribution in [0.2, 0.25) is 0 Å². The summed E-state index contributed by atoms with van der Waals surface area (Å²) in [6.45, 7) is 4.40. The Hall–Kier alpha value is -1.25. The maximum absolute atomic E-state index is 12.6. The lowest BCUT2D eigenvalue weighted by molar-refractivity contribution is -0.870. The molecule has 0 spiro atoms. The molecule has 0 aliphatic carbocycles. The first-order chi connectivity index (χ1) is 25.0. The van der Waals surface area contributed by atoms with Crippen molar-refractivity contribution in [2.75, 3.05) is 47.5 Å². The molecule has 9 nitrogen and oxygen atoms in total. The van der Waals surface area contributed by atoms with Crippen LogP contribution < -0.4 is 0 Å². The van der Waals surface area contributed by atoms with Crippen molar-refractivity contribution in [2.45, 2.75) is 200 Å². The first kappa shape index (κ1) is 50.8. The van der Waals surface area contributed by atoms with Gasteiger partial charge in [-0.05, 0) is 38.5 Å². The van der Waals surface area contributed by atoms with Gasteiger partial charge < -0.3 is 18.9 Å². The van der Waals surface area contributed by atoms with Crippen molar-refractivity contribution in [3.63, 3.8) is 0 Å². The van der Waals surface area contributed by atoms with Gasteiger partial charge in [-0.25, -0.2) is 4.57 Å². The molecule has 1 N–H and O–H groups in total. The van der Waals surface area contributed by atoms with E-state index in [1.807, 2.05) is 21.1 Å². The number of likely N-dealkylation sites (N-methyl/N-ethyl adjacent to an activating group) is 1. The molecule has 0 aromatic heterocycles. The third-order valence-corrected chi connectivity index (χ3v) is 10.3. The van der Waals surface area contributed by atoms with Gasteiger partial charge in [0.15, 0.2) is 6.10 Å². The van der Waals surface area contributed by atoms with E-state index in [9.17, 15) is 19.0 Å². The van der Waals surface area contributed by atoms with Gasteiger partial charge in [0.25, 0.3) is 0 Å². The number of hydrogen-bond acceptors (Lipinski definition) is 7. The number of unbranched alkanes of at least 4 members (excludes halogenated alkanes) is 23. The number of rotatable bonds is 39. The molecule has 0 saturated carbocycles. The van der Waals surface area contributed by atoms with Crippen LogP contribution in [0.4, 0.5) is 0 Å². The number of quaternary nitrogens is 1. The van der Waals surface area contributed by atoms with Crippen molar-refractivity contribution in [1.29, 1.82) is 0 Å². The van der Waals surface area contributed by atoms with Gasteiger partial charge in [0, 0.05) is 12.8 Å². The quantitative estimate of drug-likeness (QED) is 0.0217. The maximum Gasteiger partial charge on any atom is 0.472 e. The van der Waals surface area contributed by atoms with Crippen LogP contribution in [0, 0.1) is 0 Å². The molecule has 0 heterocycles. The van der Waals surface area contributed by atoms with Crippen LogP contribution in [-0.2, 0) is 32.7 Å². The van der Waals surface area contributed by atoms with Crippen molar-refractivity contribution in [1.82, 2.24) is 0 Å². The predicted molar refractivity (Wildman–Crippen MR) is 215 cm³/mol. The predicted octanol–water partition coefficient (Wildman–Crippen LogP) is 11.8. The van der Waals surface area contributed by atoms with E-state index in [4.69, 9.17) is 18.5 Å². The highest BCUT2D eigenvalue weighted by atomic mass is 31.2. The molecule has 0 aromatic carbocycles. The highest BCUT2D eigenvalue weighted by Crippen LogP contribution is 2.43. The maximum atomic E-state index is 12.6. The smallest absolute Gasteiger partial charge is 0.462 e. The summed E-state index contributed by atoms with van der Waals surface area (Å²) in [7, 11) is 1.48. The van der Waals surface area contributed by atoms with E-state index in [1.165, 1.54) is 109 Å². The molecule has 0 bridgehead atoms. The third kappa shape index (κ3) is 38.5. The average Bonchev–Trinajstić information content (AvgIpc) is 3.09. The normalized spacial score (nSPS) is 13.7. The number of nitrogens with zero attached hydrogens (tertiary/aromatic N) is 1. The Bertz CT molecular complexity index is 907. The Morgan fingerprint density at radius 1 is 0.577 bits per heavy atom. The zero-order valence-electron chi connectivity index (χ0n) is 34.6. The van der Waals surface area contributed by atoms with E-state index in [0.717, 1.165) is 51.4 Å². The lowest BCUT2D eigenvalue weighted by atomic mass is 10.0. The molecular weight excluding hydrogens is 677 g/mol. The Labute approximate surface area is 320 Å². The first-order valence-corrected chi connectivity index (χ1v) is 22.9. The van der Waals surface area contributed by atoms with Crippen molar-refractivity contribution < 1.29 is 42.1 Å². The van der Waals surface area contributed by atoms with Crippen LogP contribution in [0.3, 0.4) is 0 Å². The Morgan fingerprint density at radius 3 is 1.46 bits per heavy atom. The SMILES string of the molecule is CCCCC/C=C\CCCCCCCC(=O)O[C@H](COC(=O)CCCCCCCCCCCCCCCCCC)COP(=O)(O)OCC[N+](C)(C)C. The minimum atomic E-state index is -4.37. The summed E-state index contributed by atoms with van der Waals surface area (Å²) in [4.78, 5) is 35.3.